The van der Waals surface area contributed by atoms with Gasteiger partial charge in [0.1, 0.15) is 0 Å². The molecule has 0 saturated carbocycles. The van der Waals surface area contributed by atoms with E-state index in [0.29, 0.717) is 6.04 Å². The van der Waals surface area contributed by atoms with Crippen molar-refractivity contribution in [1.29, 1.82) is 0 Å². The molecule has 0 amide bonds. The number of hydrogen-bond donors (Lipinski definition) is 1. The van der Waals surface area contributed by atoms with Crippen LogP contribution in [0.4, 0.5) is 0 Å². The number of thioether (sulfide) groups is 1. The summed E-state index contributed by atoms with van der Waals surface area (Å²) in [6, 6.07) is 0.409. The molecule has 2 heterocycles. The fraction of sp³-hybridized carbons (Fsp3) is 0.769. The lowest BCUT2D eigenvalue weighted by Gasteiger charge is -2.23. The summed E-state index contributed by atoms with van der Waals surface area (Å²) in [6.45, 7) is 5.44. The molecule has 0 radical (unpaired) electrons. The highest BCUT2D eigenvalue weighted by atomic mass is 32.2. The third-order valence-corrected chi connectivity index (χ3v) is 4.84. The van der Waals surface area contributed by atoms with Crippen molar-refractivity contribution in [1.82, 2.24) is 15.1 Å². The van der Waals surface area contributed by atoms with Crippen LogP contribution >= 0.6 is 11.8 Å². The highest BCUT2D eigenvalue weighted by molar-refractivity contribution is 7.99. The van der Waals surface area contributed by atoms with Gasteiger partial charge in [0.15, 0.2) is 0 Å². The number of hydrogen-bond acceptors (Lipinski definition) is 3. The maximum Gasteiger partial charge on any atom is 0.0641 e. The Morgan fingerprint density at radius 2 is 2.41 bits per heavy atom. The van der Waals surface area contributed by atoms with Gasteiger partial charge in [-0.25, -0.2) is 0 Å². The van der Waals surface area contributed by atoms with Gasteiger partial charge in [0, 0.05) is 36.6 Å². The summed E-state index contributed by atoms with van der Waals surface area (Å²) in [6.07, 6.45) is 6.30. The van der Waals surface area contributed by atoms with Crippen LogP contribution in [0.3, 0.4) is 0 Å². The van der Waals surface area contributed by atoms with Crippen molar-refractivity contribution in [3.8, 4) is 0 Å². The third kappa shape index (κ3) is 3.49. The summed E-state index contributed by atoms with van der Waals surface area (Å²) >= 11 is 2.13. The van der Waals surface area contributed by atoms with Gasteiger partial charge >= 0.3 is 0 Å². The molecule has 3 nitrogen and oxygen atoms in total. The molecule has 1 aliphatic rings. The first-order chi connectivity index (χ1) is 8.16. The molecule has 2 unspecified atom stereocenters. The second-order valence-corrected chi connectivity index (χ2v) is 6.37. The van der Waals surface area contributed by atoms with E-state index >= 15 is 0 Å². The van der Waals surface area contributed by atoms with Crippen LogP contribution in [0.2, 0.25) is 0 Å². The summed E-state index contributed by atoms with van der Waals surface area (Å²) in [5, 5.41) is 8.86. The van der Waals surface area contributed by atoms with Gasteiger partial charge in [0.05, 0.1) is 5.69 Å². The number of rotatable bonds is 4. The first-order valence-electron chi connectivity index (χ1n) is 6.52. The van der Waals surface area contributed by atoms with Gasteiger partial charge in [-0.15, -0.1) is 0 Å². The lowest BCUT2D eigenvalue weighted by atomic mass is 10.1. The van der Waals surface area contributed by atoms with Crippen LogP contribution in [0.15, 0.2) is 6.20 Å². The smallest absolute Gasteiger partial charge is 0.0641 e. The van der Waals surface area contributed by atoms with E-state index in [9.17, 15) is 0 Å². The largest absolute Gasteiger partial charge is 0.309 e. The van der Waals surface area contributed by atoms with Gasteiger partial charge in [-0.3, -0.25) is 4.68 Å². The van der Waals surface area contributed by atoms with Gasteiger partial charge in [-0.05, 0) is 32.4 Å². The summed E-state index contributed by atoms with van der Waals surface area (Å²) in [4.78, 5) is 0. The topological polar surface area (TPSA) is 29.9 Å². The van der Waals surface area contributed by atoms with Crippen molar-refractivity contribution in [2.75, 3.05) is 12.3 Å². The van der Waals surface area contributed by atoms with Crippen molar-refractivity contribution in [3.63, 3.8) is 0 Å². The molecule has 0 bridgehead atoms. The van der Waals surface area contributed by atoms with Crippen LogP contribution in [0.1, 0.15) is 43.5 Å². The molecule has 0 aromatic carbocycles. The molecule has 2 atom stereocenters. The molecule has 1 fully saturated rings. The zero-order valence-corrected chi connectivity index (χ0v) is 11.9. The number of aryl methyl sites for hydroxylation is 2. The molecule has 4 heteroatoms. The van der Waals surface area contributed by atoms with Crippen molar-refractivity contribution in [3.05, 3.63) is 17.5 Å². The Hall–Kier alpha value is -0.480. The fourth-order valence-corrected chi connectivity index (χ4v) is 3.68. The quantitative estimate of drug-likeness (QED) is 0.894. The molecule has 0 aliphatic carbocycles. The molecule has 96 valence electrons. The molecular formula is C13H23N3S. The van der Waals surface area contributed by atoms with Gasteiger partial charge in [-0.1, -0.05) is 6.42 Å². The lowest BCUT2D eigenvalue weighted by Crippen LogP contribution is -2.29. The monoisotopic (exact) mass is 253 g/mol. The normalized spacial score (nSPS) is 22.6. The first-order valence-corrected chi connectivity index (χ1v) is 7.57. The number of nitrogens with zero attached hydrogens (tertiary/aromatic N) is 2. The number of aromatic nitrogens is 2. The maximum absolute atomic E-state index is 4.40. The Kier molecular flexibility index (Phi) is 4.51. The Labute approximate surface area is 108 Å². The van der Waals surface area contributed by atoms with Gasteiger partial charge in [0.25, 0.3) is 0 Å². The summed E-state index contributed by atoms with van der Waals surface area (Å²) < 4.78 is 1.90. The predicted octanol–water partition coefficient (Wildman–Crippen LogP) is 2.66. The van der Waals surface area contributed by atoms with Crippen LogP contribution < -0.4 is 5.32 Å². The van der Waals surface area contributed by atoms with Gasteiger partial charge in [-0.2, -0.15) is 16.9 Å². The maximum atomic E-state index is 4.40. The standard InChI is InChI=1S/C13H23N3S/c1-10(13-9-16(3)15-11(13)2)14-8-12-6-4-5-7-17-12/h9-10,12,14H,4-8H2,1-3H3. The Bertz CT molecular complexity index is 356. The summed E-state index contributed by atoms with van der Waals surface area (Å²) in [7, 11) is 1.99. The van der Waals surface area contributed by atoms with Gasteiger partial charge in [0.2, 0.25) is 0 Å². The minimum absolute atomic E-state index is 0.409. The van der Waals surface area contributed by atoms with Crippen molar-refractivity contribution < 1.29 is 0 Å². The highest BCUT2D eigenvalue weighted by Crippen LogP contribution is 2.25. The van der Waals surface area contributed by atoms with E-state index in [0.717, 1.165) is 17.5 Å². The molecule has 1 aromatic heterocycles. The molecular weight excluding hydrogens is 230 g/mol. The molecule has 1 saturated heterocycles. The van der Waals surface area contributed by atoms with Crippen molar-refractivity contribution in [2.45, 2.75) is 44.4 Å². The first kappa shape index (κ1) is 13.0. The molecule has 1 N–H and O–H groups in total. The third-order valence-electron chi connectivity index (χ3n) is 3.44. The molecule has 1 aromatic rings. The Balaban J connectivity index is 1.84. The number of nitrogens with one attached hydrogen (secondary N) is 1. The van der Waals surface area contributed by atoms with Crippen LogP contribution in [0.25, 0.3) is 0 Å². The van der Waals surface area contributed by atoms with E-state index in [4.69, 9.17) is 0 Å². The fourth-order valence-electron chi connectivity index (χ4n) is 2.43. The van der Waals surface area contributed by atoms with Gasteiger partial charge < -0.3 is 5.32 Å². The summed E-state index contributed by atoms with van der Waals surface area (Å²) in [5.74, 6) is 1.34. The van der Waals surface area contributed by atoms with Crippen molar-refractivity contribution >= 4 is 11.8 Å². The van der Waals surface area contributed by atoms with E-state index in [1.54, 1.807) is 0 Å². The Morgan fingerprint density at radius 1 is 1.59 bits per heavy atom. The van der Waals surface area contributed by atoms with E-state index in [1.165, 1.54) is 30.6 Å². The minimum Gasteiger partial charge on any atom is -0.309 e. The molecule has 1 aliphatic heterocycles. The van der Waals surface area contributed by atoms with Crippen molar-refractivity contribution in [2.24, 2.45) is 7.05 Å². The minimum atomic E-state index is 0.409. The van der Waals surface area contributed by atoms with Crippen LogP contribution in [-0.4, -0.2) is 27.3 Å². The van der Waals surface area contributed by atoms with Crippen LogP contribution in [0.5, 0.6) is 0 Å². The van der Waals surface area contributed by atoms with E-state index in [-0.39, 0.29) is 0 Å². The highest BCUT2D eigenvalue weighted by Gasteiger charge is 2.16. The molecule has 0 spiro atoms. The second-order valence-electron chi connectivity index (χ2n) is 4.96. The predicted molar refractivity (Wildman–Crippen MR) is 74.5 cm³/mol. The SMILES string of the molecule is Cc1nn(C)cc1C(C)NCC1CCCCS1. The zero-order chi connectivity index (χ0) is 12.3. The van der Waals surface area contributed by atoms with E-state index in [2.05, 4.69) is 42.2 Å². The molecule has 2 rings (SSSR count). The zero-order valence-electron chi connectivity index (χ0n) is 11.1. The molecule has 17 heavy (non-hydrogen) atoms. The summed E-state index contributed by atoms with van der Waals surface area (Å²) in [5.41, 5.74) is 2.47. The Morgan fingerprint density at radius 3 is 3.00 bits per heavy atom. The average molecular weight is 253 g/mol. The van der Waals surface area contributed by atoms with E-state index in [1.807, 2.05) is 11.7 Å². The lowest BCUT2D eigenvalue weighted by molar-refractivity contribution is 0.537. The van der Waals surface area contributed by atoms with Crippen LogP contribution in [0, 0.1) is 6.92 Å². The average Bonchev–Trinajstić information content (AvgIpc) is 2.67. The van der Waals surface area contributed by atoms with E-state index < -0.39 is 0 Å². The van der Waals surface area contributed by atoms with Crippen LogP contribution in [-0.2, 0) is 7.05 Å². The second kappa shape index (κ2) is 5.91.